The molecule has 29 heavy (non-hydrogen) atoms. The molecule has 2 aromatic carbocycles. The maximum atomic E-state index is 13.2. The van der Waals surface area contributed by atoms with Crippen LogP contribution in [0.5, 0.6) is 0 Å². The zero-order valence-electron chi connectivity index (χ0n) is 17.1. The topological polar surface area (TPSA) is 59.8 Å². The monoisotopic (exact) mass is 412 g/mol. The Kier molecular flexibility index (Phi) is 6.37. The molecule has 0 atom stereocenters. The van der Waals surface area contributed by atoms with Gasteiger partial charge in [0.1, 0.15) is 5.82 Å². The van der Waals surface area contributed by atoms with Crippen molar-refractivity contribution in [3.8, 4) is 11.4 Å². The van der Waals surface area contributed by atoms with Crippen LogP contribution in [0, 0.1) is 5.82 Å². The highest BCUT2D eigenvalue weighted by Gasteiger charge is 2.17. The van der Waals surface area contributed by atoms with Gasteiger partial charge >= 0.3 is 0 Å². The third kappa shape index (κ3) is 5.23. The van der Waals surface area contributed by atoms with Crippen molar-refractivity contribution in [3.63, 3.8) is 0 Å². The van der Waals surface area contributed by atoms with Gasteiger partial charge in [-0.25, -0.2) is 4.39 Å². The number of nitrogens with one attached hydrogen (secondary N) is 1. The molecule has 3 rings (SSSR count). The summed E-state index contributed by atoms with van der Waals surface area (Å²) in [5.41, 5.74) is 2.77. The van der Waals surface area contributed by atoms with Gasteiger partial charge in [-0.05, 0) is 36.1 Å². The first-order valence-corrected chi connectivity index (χ1v) is 10.5. The van der Waals surface area contributed by atoms with Gasteiger partial charge in [0.15, 0.2) is 11.0 Å². The fourth-order valence-corrected chi connectivity index (χ4v) is 3.71. The molecular weight excluding hydrogens is 387 g/mol. The van der Waals surface area contributed by atoms with Crippen LogP contribution in [-0.2, 0) is 16.8 Å². The molecule has 7 heteroatoms. The third-order valence-electron chi connectivity index (χ3n) is 4.48. The van der Waals surface area contributed by atoms with E-state index in [-0.39, 0.29) is 22.9 Å². The highest BCUT2D eigenvalue weighted by atomic mass is 32.2. The van der Waals surface area contributed by atoms with Crippen molar-refractivity contribution in [2.75, 3.05) is 11.1 Å². The SMILES string of the molecule is CCn1c(SCC(=O)Nc2cccc(F)c2)nnc1-c1ccc(C(C)(C)C)cc1. The lowest BCUT2D eigenvalue weighted by Crippen LogP contribution is -2.14. The lowest BCUT2D eigenvalue weighted by atomic mass is 9.87. The fraction of sp³-hybridized carbons (Fsp3) is 0.318. The molecule has 0 fully saturated rings. The molecule has 3 aromatic rings. The second-order valence-corrected chi connectivity index (χ2v) is 8.67. The molecule has 0 unspecified atom stereocenters. The minimum Gasteiger partial charge on any atom is -0.325 e. The summed E-state index contributed by atoms with van der Waals surface area (Å²) in [6.07, 6.45) is 0. The largest absolute Gasteiger partial charge is 0.325 e. The Labute approximate surface area is 174 Å². The minimum absolute atomic E-state index is 0.0903. The van der Waals surface area contributed by atoms with Crippen molar-refractivity contribution in [1.29, 1.82) is 0 Å². The number of nitrogens with zero attached hydrogens (tertiary/aromatic N) is 3. The number of hydrogen-bond acceptors (Lipinski definition) is 4. The van der Waals surface area contributed by atoms with Crippen molar-refractivity contribution in [2.45, 2.75) is 44.8 Å². The number of anilines is 1. The molecule has 0 aliphatic heterocycles. The molecule has 1 N–H and O–H groups in total. The summed E-state index contributed by atoms with van der Waals surface area (Å²) in [5.74, 6) is 0.337. The molecule has 0 aliphatic carbocycles. The van der Waals surface area contributed by atoms with E-state index < -0.39 is 0 Å². The number of hydrogen-bond donors (Lipinski definition) is 1. The summed E-state index contributed by atoms with van der Waals surface area (Å²) in [4.78, 5) is 12.2. The molecule has 5 nitrogen and oxygen atoms in total. The van der Waals surface area contributed by atoms with Crippen LogP contribution in [0.2, 0.25) is 0 Å². The average Bonchev–Trinajstić information content (AvgIpc) is 3.08. The molecule has 1 amide bonds. The van der Waals surface area contributed by atoms with Crippen LogP contribution in [0.15, 0.2) is 53.7 Å². The predicted molar refractivity (Wildman–Crippen MR) is 116 cm³/mol. The first-order chi connectivity index (χ1) is 13.8. The molecule has 0 saturated carbocycles. The number of aromatic nitrogens is 3. The quantitative estimate of drug-likeness (QED) is 0.570. The van der Waals surface area contributed by atoms with E-state index in [1.54, 1.807) is 12.1 Å². The first kappa shape index (κ1) is 21.0. The smallest absolute Gasteiger partial charge is 0.234 e. The molecule has 0 spiro atoms. The summed E-state index contributed by atoms with van der Waals surface area (Å²) >= 11 is 1.31. The fourth-order valence-electron chi connectivity index (χ4n) is 2.91. The van der Waals surface area contributed by atoms with E-state index in [1.807, 2.05) is 11.5 Å². The Balaban J connectivity index is 1.70. The molecule has 0 radical (unpaired) electrons. The maximum Gasteiger partial charge on any atom is 0.234 e. The van der Waals surface area contributed by atoms with E-state index in [0.717, 1.165) is 11.4 Å². The zero-order valence-corrected chi connectivity index (χ0v) is 17.9. The third-order valence-corrected chi connectivity index (χ3v) is 5.45. The molecule has 0 saturated heterocycles. The molecule has 1 heterocycles. The van der Waals surface area contributed by atoms with Crippen LogP contribution in [0.4, 0.5) is 10.1 Å². The predicted octanol–water partition coefficient (Wildman–Crippen LogP) is 5.13. The summed E-state index contributed by atoms with van der Waals surface area (Å²) in [5, 5.41) is 12.0. The lowest BCUT2D eigenvalue weighted by Gasteiger charge is -2.19. The average molecular weight is 413 g/mol. The summed E-state index contributed by atoms with van der Waals surface area (Å²) in [7, 11) is 0. The van der Waals surface area contributed by atoms with Gasteiger partial charge in [-0.2, -0.15) is 0 Å². The molecule has 1 aromatic heterocycles. The van der Waals surface area contributed by atoms with Gasteiger partial charge in [0.05, 0.1) is 5.75 Å². The summed E-state index contributed by atoms with van der Waals surface area (Å²) < 4.78 is 15.2. The molecule has 0 bridgehead atoms. The number of thioether (sulfide) groups is 1. The van der Waals surface area contributed by atoms with E-state index in [9.17, 15) is 9.18 Å². The van der Waals surface area contributed by atoms with Crippen molar-refractivity contribution in [3.05, 3.63) is 59.9 Å². The van der Waals surface area contributed by atoms with E-state index >= 15 is 0 Å². The standard InChI is InChI=1S/C22H25FN4OS/c1-5-27-20(15-9-11-16(12-10-15)22(2,3)4)25-26-21(27)29-14-19(28)24-18-8-6-7-17(23)13-18/h6-13H,5,14H2,1-4H3,(H,24,28). The van der Waals surface area contributed by atoms with Crippen LogP contribution in [0.25, 0.3) is 11.4 Å². The lowest BCUT2D eigenvalue weighted by molar-refractivity contribution is -0.113. The molecule has 0 aliphatic rings. The van der Waals surface area contributed by atoms with E-state index in [1.165, 1.54) is 29.5 Å². The van der Waals surface area contributed by atoms with Crippen LogP contribution in [-0.4, -0.2) is 26.4 Å². The second kappa shape index (κ2) is 8.78. The van der Waals surface area contributed by atoms with E-state index in [4.69, 9.17) is 0 Å². The second-order valence-electron chi connectivity index (χ2n) is 7.72. The highest BCUT2D eigenvalue weighted by molar-refractivity contribution is 7.99. The number of carbonyl (C=O) groups excluding carboxylic acids is 1. The van der Waals surface area contributed by atoms with E-state index in [0.29, 0.717) is 17.4 Å². The highest BCUT2D eigenvalue weighted by Crippen LogP contribution is 2.27. The number of carbonyl (C=O) groups is 1. The normalized spacial score (nSPS) is 11.5. The minimum atomic E-state index is -0.386. The number of rotatable bonds is 6. The molecule has 152 valence electrons. The maximum absolute atomic E-state index is 13.2. The summed E-state index contributed by atoms with van der Waals surface area (Å²) in [6.45, 7) is 9.25. The first-order valence-electron chi connectivity index (χ1n) is 9.50. The zero-order chi connectivity index (χ0) is 21.0. The molecular formula is C22H25FN4OS. The van der Waals surface area contributed by atoms with Gasteiger partial charge in [0.2, 0.25) is 5.91 Å². The van der Waals surface area contributed by atoms with Crippen LogP contribution in [0.3, 0.4) is 0 Å². The van der Waals surface area contributed by atoms with Gasteiger partial charge in [-0.1, -0.05) is 62.9 Å². The Bertz CT molecular complexity index is 993. The summed E-state index contributed by atoms with van der Waals surface area (Å²) in [6, 6.07) is 14.2. The van der Waals surface area contributed by atoms with Gasteiger partial charge in [0.25, 0.3) is 0 Å². The van der Waals surface area contributed by atoms with Gasteiger partial charge in [-0.15, -0.1) is 10.2 Å². The van der Waals surface area contributed by atoms with Crippen LogP contribution < -0.4 is 5.32 Å². The van der Waals surface area contributed by atoms with Gasteiger partial charge < -0.3 is 9.88 Å². The van der Waals surface area contributed by atoms with Crippen molar-refractivity contribution in [2.24, 2.45) is 0 Å². The number of halogens is 1. The van der Waals surface area contributed by atoms with Gasteiger partial charge in [0, 0.05) is 17.8 Å². The van der Waals surface area contributed by atoms with Crippen molar-refractivity contribution in [1.82, 2.24) is 14.8 Å². The Morgan fingerprint density at radius 3 is 2.48 bits per heavy atom. The van der Waals surface area contributed by atoms with Crippen LogP contribution in [0.1, 0.15) is 33.3 Å². The van der Waals surface area contributed by atoms with Crippen molar-refractivity contribution >= 4 is 23.4 Å². The van der Waals surface area contributed by atoms with Crippen LogP contribution >= 0.6 is 11.8 Å². The van der Waals surface area contributed by atoms with Gasteiger partial charge in [-0.3, -0.25) is 4.79 Å². The Morgan fingerprint density at radius 2 is 1.86 bits per heavy atom. The Hall–Kier alpha value is -2.67. The number of benzene rings is 2. The Morgan fingerprint density at radius 1 is 1.14 bits per heavy atom. The van der Waals surface area contributed by atoms with E-state index in [2.05, 4.69) is 60.6 Å². The van der Waals surface area contributed by atoms with Crippen molar-refractivity contribution < 1.29 is 9.18 Å². The number of amides is 1.